The summed E-state index contributed by atoms with van der Waals surface area (Å²) in [5, 5.41) is 3.24. The van der Waals surface area contributed by atoms with E-state index < -0.39 is 0 Å². The van der Waals surface area contributed by atoms with Gasteiger partial charge in [0.1, 0.15) is 17.5 Å². The number of ether oxygens (including phenoxy) is 3. The Hall–Kier alpha value is -1.75. The van der Waals surface area contributed by atoms with E-state index in [1.54, 1.807) is 14.2 Å². The fraction of sp³-hybridized carbons (Fsp3) is 0.562. The number of nitrogens with one attached hydrogen (secondary N) is 1. The molecule has 0 aliphatic heterocycles. The van der Waals surface area contributed by atoms with Gasteiger partial charge >= 0.3 is 5.97 Å². The van der Waals surface area contributed by atoms with E-state index in [1.807, 2.05) is 18.2 Å². The predicted molar refractivity (Wildman–Crippen MR) is 81.7 cm³/mol. The molecule has 0 aromatic heterocycles. The zero-order valence-corrected chi connectivity index (χ0v) is 13.3. The van der Waals surface area contributed by atoms with Gasteiger partial charge in [0, 0.05) is 18.2 Å². The van der Waals surface area contributed by atoms with Gasteiger partial charge in [0.25, 0.3) is 0 Å². The smallest absolute Gasteiger partial charge is 0.322 e. The topological polar surface area (TPSA) is 56.8 Å². The molecule has 1 unspecified atom stereocenters. The van der Waals surface area contributed by atoms with E-state index in [-0.39, 0.29) is 12.0 Å². The summed E-state index contributed by atoms with van der Waals surface area (Å²) < 4.78 is 15.4. The molecular weight excluding hydrogens is 270 g/mol. The Morgan fingerprint density at radius 2 is 2.00 bits per heavy atom. The highest BCUT2D eigenvalue weighted by atomic mass is 16.5. The maximum atomic E-state index is 11.8. The SMILES string of the molecule is CCCCC(NCc1ccc(OC)cc1OC)C(=O)OC. The van der Waals surface area contributed by atoms with Crippen molar-refractivity contribution in [2.75, 3.05) is 21.3 Å². The minimum absolute atomic E-state index is 0.226. The summed E-state index contributed by atoms with van der Waals surface area (Å²) >= 11 is 0. The Bertz CT molecular complexity index is 448. The van der Waals surface area contributed by atoms with Crippen molar-refractivity contribution in [3.05, 3.63) is 23.8 Å². The molecule has 0 heterocycles. The molecule has 5 heteroatoms. The number of rotatable bonds is 9. The molecule has 1 aromatic carbocycles. The summed E-state index contributed by atoms with van der Waals surface area (Å²) in [5.74, 6) is 1.25. The first-order valence-electron chi connectivity index (χ1n) is 7.18. The average molecular weight is 295 g/mol. The molecule has 118 valence electrons. The number of esters is 1. The molecule has 0 spiro atoms. The van der Waals surface area contributed by atoms with Crippen LogP contribution in [0, 0.1) is 0 Å². The van der Waals surface area contributed by atoms with Crippen molar-refractivity contribution >= 4 is 5.97 Å². The minimum atomic E-state index is -0.290. The number of unbranched alkanes of at least 4 members (excludes halogenated alkanes) is 1. The quantitative estimate of drug-likeness (QED) is 0.709. The van der Waals surface area contributed by atoms with Crippen LogP contribution in [0.25, 0.3) is 0 Å². The highest BCUT2D eigenvalue weighted by Crippen LogP contribution is 2.24. The van der Waals surface area contributed by atoms with Crippen molar-refractivity contribution < 1.29 is 19.0 Å². The largest absolute Gasteiger partial charge is 0.497 e. The summed E-state index contributed by atoms with van der Waals surface area (Å²) in [4.78, 5) is 11.8. The van der Waals surface area contributed by atoms with Gasteiger partial charge in [-0.25, -0.2) is 0 Å². The van der Waals surface area contributed by atoms with Crippen LogP contribution in [0.2, 0.25) is 0 Å². The molecule has 0 bridgehead atoms. The van der Waals surface area contributed by atoms with Crippen molar-refractivity contribution in [1.29, 1.82) is 0 Å². The lowest BCUT2D eigenvalue weighted by Gasteiger charge is -2.17. The number of carbonyl (C=O) groups is 1. The Kier molecular flexibility index (Phi) is 7.61. The van der Waals surface area contributed by atoms with Crippen molar-refractivity contribution in [2.24, 2.45) is 0 Å². The van der Waals surface area contributed by atoms with E-state index >= 15 is 0 Å². The van der Waals surface area contributed by atoms with Crippen LogP contribution in [-0.4, -0.2) is 33.3 Å². The van der Waals surface area contributed by atoms with Gasteiger partial charge in [-0.15, -0.1) is 0 Å². The van der Waals surface area contributed by atoms with E-state index in [9.17, 15) is 4.79 Å². The zero-order chi connectivity index (χ0) is 15.7. The molecule has 0 aliphatic carbocycles. The number of hydrogen-bond acceptors (Lipinski definition) is 5. The summed E-state index contributed by atoms with van der Waals surface area (Å²) in [6.07, 6.45) is 2.79. The van der Waals surface area contributed by atoms with Crippen LogP contribution in [0.4, 0.5) is 0 Å². The third kappa shape index (κ3) is 5.27. The van der Waals surface area contributed by atoms with Gasteiger partial charge in [-0.05, 0) is 12.5 Å². The first kappa shape index (κ1) is 17.3. The van der Waals surface area contributed by atoms with Crippen LogP contribution in [0.5, 0.6) is 11.5 Å². The molecule has 5 nitrogen and oxygen atoms in total. The first-order valence-corrected chi connectivity index (χ1v) is 7.18. The molecule has 1 aromatic rings. The highest BCUT2D eigenvalue weighted by molar-refractivity contribution is 5.75. The van der Waals surface area contributed by atoms with Crippen molar-refractivity contribution in [3.63, 3.8) is 0 Å². The molecule has 1 N–H and O–H groups in total. The third-order valence-corrected chi connectivity index (χ3v) is 3.37. The Labute approximate surface area is 126 Å². The van der Waals surface area contributed by atoms with E-state index in [2.05, 4.69) is 12.2 Å². The van der Waals surface area contributed by atoms with Gasteiger partial charge in [-0.3, -0.25) is 4.79 Å². The molecule has 0 aliphatic rings. The van der Waals surface area contributed by atoms with E-state index in [4.69, 9.17) is 14.2 Å². The van der Waals surface area contributed by atoms with Gasteiger partial charge in [0.2, 0.25) is 0 Å². The van der Waals surface area contributed by atoms with E-state index in [1.165, 1.54) is 7.11 Å². The fourth-order valence-corrected chi connectivity index (χ4v) is 2.08. The maximum Gasteiger partial charge on any atom is 0.322 e. The second kappa shape index (κ2) is 9.23. The molecule has 0 amide bonds. The Balaban J connectivity index is 2.72. The molecule has 0 fully saturated rings. The van der Waals surface area contributed by atoms with E-state index in [0.29, 0.717) is 6.54 Å². The van der Waals surface area contributed by atoms with Crippen LogP contribution < -0.4 is 14.8 Å². The maximum absolute atomic E-state index is 11.8. The lowest BCUT2D eigenvalue weighted by Crippen LogP contribution is -2.37. The monoisotopic (exact) mass is 295 g/mol. The number of carbonyl (C=O) groups excluding carboxylic acids is 1. The van der Waals surface area contributed by atoms with Crippen LogP contribution in [0.3, 0.4) is 0 Å². The molecule has 1 atom stereocenters. The van der Waals surface area contributed by atoms with Gasteiger partial charge in [-0.2, -0.15) is 0 Å². The molecule has 1 rings (SSSR count). The van der Waals surface area contributed by atoms with Gasteiger partial charge in [-0.1, -0.05) is 25.8 Å². The second-order valence-electron chi connectivity index (χ2n) is 4.78. The molecule has 0 saturated carbocycles. The summed E-state index contributed by atoms with van der Waals surface area (Å²) in [5.41, 5.74) is 0.976. The van der Waals surface area contributed by atoms with Crippen LogP contribution in [-0.2, 0) is 16.1 Å². The van der Waals surface area contributed by atoms with Gasteiger partial charge in [0.15, 0.2) is 0 Å². The molecule has 0 radical (unpaired) electrons. The highest BCUT2D eigenvalue weighted by Gasteiger charge is 2.18. The average Bonchev–Trinajstić information content (AvgIpc) is 2.54. The lowest BCUT2D eigenvalue weighted by molar-refractivity contribution is -0.143. The summed E-state index contributed by atoms with van der Waals surface area (Å²) in [6.45, 7) is 2.64. The van der Waals surface area contributed by atoms with Gasteiger partial charge < -0.3 is 19.5 Å². The summed E-state index contributed by atoms with van der Waals surface area (Å²) in [7, 11) is 4.65. The first-order chi connectivity index (χ1) is 10.2. The fourth-order valence-electron chi connectivity index (χ4n) is 2.08. The zero-order valence-electron chi connectivity index (χ0n) is 13.3. The Morgan fingerprint density at radius 1 is 1.24 bits per heavy atom. The second-order valence-corrected chi connectivity index (χ2v) is 4.78. The standard InChI is InChI=1S/C16H25NO4/c1-5-6-7-14(16(18)21-4)17-11-12-8-9-13(19-2)10-15(12)20-3/h8-10,14,17H,5-7,11H2,1-4H3. The minimum Gasteiger partial charge on any atom is -0.497 e. The van der Waals surface area contributed by atoms with Crippen LogP contribution in [0.1, 0.15) is 31.7 Å². The molecular formula is C16H25NO4. The van der Waals surface area contributed by atoms with Crippen molar-refractivity contribution in [3.8, 4) is 11.5 Å². The van der Waals surface area contributed by atoms with E-state index in [0.717, 1.165) is 36.3 Å². The lowest BCUT2D eigenvalue weighted by atomic mass is 10.1. The van der Waals surface area contributed by atoms with Crippen molar-refractivity contribution in [2.45, 2.75) is 38.8 Å². The normalized spacial score (nSPS) is 11.8. The Morgan fingerprint density at radius 3 is 2.57 bits per heavy atom. The molecule has 21 heavy (non-hydrogen) atoms. The number of methoxy groups -OCH3 is 3. The third-order valence-electron chi connectivity index (χ3n) is 3.37. The predicted octanol–water partition coefficient (Wildman–Crippen LogP) is 2.53. The summed E-state index contributed by atoms with van der Waals surface area (Å²) in [6, 6.07) is 5.34. The number of hydrogen-bond donors (Lipinski definition) is 1. The van der Waals surface area contributed by atoms with Crippen LogP contribution in [0.15, 0.2) is 18.2 Å². The number of benzene rings is 1. The van der Waals surface area contributed by atoms with Crippen molar-refractivity contribution in [1.82, 2.24) is 5.32 Å². The van der Waals surface area contributed by atoms with Crippen LogP contribution >= 0.6 is 0 Å². The molecule has 0 saturated heterocycles. The van der Waals surface area contributed by atoms with Gasteiger partial charge in [0.05, 0.1) is 21.3 Å².